The van der Waals surface area contributed by atoms with Gasteiger partial charge in [0.25, 0.3) is 0 Å². The maximum Gasteiger partial charge on any atom is 0.490 e. The molecular formula is C18H25F3N2O6. The number of carbonyl (C=O) groups excluding carboxylic acids is 1. The van der Waals surface area contributed by atoms with Crippen molar-refractivity contribution in [3.63, 3.8) is 0 Å². The molecule has 164 valence electrons. The zero-order valence-electron chi connectivity index (χ0n) is 16.0. The molecule has 0 spiro atoms. The molecule has 1 aromatic heterocycles. The second-order valence-electron chi connectivity index (χ2n) is 6.73. The van der Waals surface area contributed by atoms with Crippen LogP contribution in [0.1, 0.15) is 25.0 Å². The van der Waals surface area contributed by atoms with Crippen LogP contribution in [0, 0.1) is 0 Å². The van der Waals surface area contributed by atoms with Crippen molar-refractivity contribution in [3.8, 4) is 0 Å². The number of furan rings is 1. The number of fused-ring (bicyclic) bond motifs is 1. The highest BCUT2D eigenvalue weighted by atomic mass is 19.4. The number of hydrogen-bond donors (Lipinski definition) is 2. The third-order valence-corrected chi connectivity index (χ3v) is 4.74. The Morgan fingerprint density at radius 3 is 2.66 bits per heavy atom. The number of carbonyl (C=O) groups is 2. The van der Waals surface area contributed by atoms with Crippen molar-refractivity contribution in [2.75, 3.05) is 26.8 Å². The molecule has 0 radical (unpaired) electrons. The normalized spacial score (nSPS) is 24.3. The predicted octanol–water partition coefficient (Wildman–Crippen LogP) is 1.80. The average molecular weight is 422 g/mol. The predicted molar refractivity (Wildman–Crippen MR) is 94.0 cm³/mol. The van der Waals surface area contributed by atoms with E-state index in [9.17, 15) is 18.0 Å². The van der Waals surface area contributed by atoms with Crippen LogP contribution in [0.5, 0.6) is 0 Å². The van der Waals surface area contributed by atoms with E-state index in [-0.39, 0.29) is 18.1 Å². The van der Waals surface area contributed by atoms with Gasteiger partial charge < -0.3 is 24.3 Å². The molecule has 1 aromatic rings. The molecule has 3 atom stereocenters. The van der Waals surface area contributed by atoms with E-state index in [4.69, 9.17) is 23.8 Å². The third kappa shape index (κ3) is 7.02. The lowest BCUT2D eigenvalue weighted by Gasteiger charge is -2.35. The van der Waals surface area contributed by atoms with Crippen molar-refractivity contribution in [3.05, 3.63) is 24.2 Å². The lowest BCUT2D eigenvalue weighted by molar-refractivity contribution is -0.192. The van der Waals surface area contributed by atoms with E-state index < -0.39 is 12.1 Å². The Morgan fingerprint density at radius 1 is 1.34 bits per heavy atom. The molecule has 8 nitrogen and oxygen atoms in total. The summed E-state index contributed by atoms with van der Waals surface area (Å²) in [5.74, 6) is -1.78. The highest BCUT2D eigenvalue weighted by Gasteiger charge is 2.41. The largest absolute Gasteiger partial charge is 0.490 e. The van der Waals surface area contributed by atoms with Crippen molar-refractivity contribution in [2.45, 2.75) is 50.2 Å². The number of amides is 1. The summed E-state index contributed by atoms with van der Waals surface area (Å²) < 4.78 is 48.1. The second-order valence-corrected chi connectivity index (χ2v) is 6.73. The van der Waals surface area contributed by atoms with Gasteiger partial charge >= 0.3 is 12.1 Å². The first-order valence-corrected chi connectivity index (χ1v) is 9.21. The van der Waals surface area contributed by atoms with Gasteiger partial charge in [-0.2, -0.15) is 13.2 Å². The van der Waals surface area contributed by atoms with Crippen LogP contribution in [0.3, 0.4) is 0 Å². The maximum absolute atomic E-state index is 12.1. The van der Waals surface area contributed by atoms with Crippen molar-refractivity contribution in [1.82, 2.24) is 10.2 Å². The van der Waals surface area contributed by atoms with E-state index in [1.54, 1.807) is 13.4 Å². The molecule has 0 bridgehead atoms. The zero-order valence-corrected chi connectivity index (χ0v) is 16.0. The molecule has 2 saturated heterocycles. The van der Waals surface area contributed by atoms with Gasteiger partial charge in [0, 0.05) is 26.2 Å². The Balaban J connectivity index is 0.000000370. The van der Waals surface area contributed by atoms with E-state index in [2.05, 4.69) is 10.2 Å². The minimum absolute atomic E-state index is 0.0139. The van der Waals surface area contributed by atoms with Gasteiger partial charge in [0.1, 0.15) is 11.9 Å². The number of likely N-dealkylation sites (tertiary alicyclic amines) is 1. The van der Waals surface area contributed by atoms with E-state index in [0.29, 0.717) is 19.2 Å². The number of alkyl halides is 3. The number of ether oxygens (including phenoxy) is 2. The summed E-state index contributed by atoms with van der Waals surface area (Å²) in [5, 5.41) is 9.99. The lowest BCUT2D eigenvalue weighted by Crippen LogP contribution is -2.48. The number of carboxylic acids is 1. The summed E-state index contributed by atoms with van der Waals surface area (Å²) in [6, 6.07) is 4.32. The molecule has 0 unspecified atom stereocenters. The van der Waals surface area contributed by atoms with E-state index in [1.807, 2.05) is 12.1 Å². The molecule has 0 saturated carbocycles. The van der Waals surface area contributed by atoms with Crippen LogP contribution in [0.15, 0.2) is 22.8 Å². The van der Waals surface area contributed by atoms with Gasteiger partial charge in [0.05, 0.1) is 25.5 Å². The Kier molecular flexibility index (Phi) is 8.47. The minimum atomic E-state index is -5.08. The topological polar surface area (TPSA) is 101 Å². The second kappa shape index (κ2) is 10.6. The molecule has 2 aliphatic rings. The molecule has 11 heteroatoms. The average Bonchev–Trinajstić information content (AvgIpc) is 3.32. The van der Waals surface area contributed by atoms with Gasteiger partial charge in [0.15, 0.2) is 0 Å². The summed E-state index contributed by atoms with van der Waals surface area (Å²) >= 11 is 0. The van der Waals surface area contributed by atoms with Crippen LogP contribution >= 0.6 is 0 Å². The first-order chi connectivity index (χ1) is 13.7. The number of nitrogens with zero attached hydrogens (tertiary/aromatic N) is 1. The monoisotopic (exact) mass is 422 g/mol. The Bertz CT molecular complexity index is 653. The van der Waals surface area contributed by atoms with Crippen molar-refractivity contribution in [1.29, 1.82) is 0 Å². The minimum Gasteiger partial charge on any atom is -0.475 e. The Morgan fingerprint density at radius 2 is 2.07 bits per heavy atom. The summed E-state index contributed by atoms with van der Waals surface area (Å²) in [4.78, 5) is 23.4. The number of nitrogens with one attached hydrogen (secondary N) is 1. The summed E-state index contributed by atoms with van der Waals surface area (Å²) in [5.41, 5.74) is 0. The molecule has 3 rings (SSSR count). The van der Waals surface area contributed by atoms with E-state index >= 15 is 0 Å². The maximum atomic E-state index is 12.1. The molecular weight excluding hydrogens is 397 g/mol. The fourth-order valence-electron chi connectivity index (χ4n) is 3.40. The molecule has 2 aliphatic heterocycles. The summed E-state index contributed by atoms with van der Waals surface area (Å²) in [6.07, 6.45) is -0.792. The summed E-state index contributed by atoms with van der Waals surface area (Å²) in [6.45, 7) is 2.88. The van der Waals surface area contributed by atoms with Gasteiger partial charge in [-0.15, -0.1) is 0 Å². The summed E-state index contributed by atoms with van der Waals surface area (Å²) in [7, 11) is 1.62. The third-order valence-electron chi connectivity index (χ3n) is 4.74. The highest BCUT2D eigenvalue weighted by molar-refractivity contribution is 5.80. The number of hydrogen-bond acceptors (Lipinski definition) is 6. The SMILES string of the molecule is COCCNC(=O)[C@H]1CC[C@@H]2[C@@H](CCN2Cc2ccco2)O1.O=C(O)C(F)(F)F. The Hall–Kier alpha value is -2.11. The number of rotatable bonds is 6. The van der Waals surface area contributed by atoms with Crippen molar-refractivity contribution < 1.29 is 41.8 Å². The van der Waals surface area contributed by atoms with E-state index in [1.165, 1.54) is 0 Å². The van der Waals surface area contributed by atoms with Crippen molar-refractivity contribution in [2.24, 2.45) is 0 Å². The Labute approximate surface area is 165 Å². The number of aliphatic carboxylic acids is 1. The van der Waals surface area contributed by atoms with Crippen LogP contribution in [-0.2, 0) is 25.6 Å². The fourth-order valence-corrected chi connectivity index (χ4v) is 3.40. The quantitative estimate of drug-likeness (QED) is 0.674. The first kappa shape index (κ1) is 23.2. The standard InChI is InChI=1S/C16H24N2O4.C2HF3O2/c1-20-10-7-17-16(19)15-5-4-13-14(22-15)6-8-18(13)11-12-3-2-9-21-12;3-2(4,5)1(6)7/h2-3,9,13-15H,4-8,10-11H2,1H3,(H,17,19);(H,6,7)/t13-,14-,15-;/m1./s1. The van der Waals surface area contributed by atoms with Crippen LogP contribution in [0.25, 0.3) is 0 Å². The molecule has 0 aromatic carbocycles. The van der Waals surface area contributed by atoms with Crippen LogP contribution in [0.2, 0.25) is 0 Å². The lowest BCUT2D eigenvalue weighted by atomic mass is 9.98. The van der Waals surface area contributed by atoms with Gasteiger partial charge in [-0.25, -0.2) is 4.79 Å². The number of methoxy groups -OCH3 is 1. The molecule has 29 heavy (non-hydrogen) atoms. The molecule has 2 N–H and O–H groups in total. The highest BCUT2D eigenvalue weighted by Crippen LogP contribution is 2.32. The molecule has 1 amide bonds. The smallest absolute Gasteiger partial charge is 0.475 e. The van der Waals surface area contributed by atoms with Crippen LogP contribution in [-0.4, -0.2) is 73.1 Å². The van der Waals surface area contributed by atoms with Crippen molar-refractivity contribution >= 4 is 11.9 Å². The molecule has 2 fully saturated rings. The molecule has 3 heterocycles. The molecule has 0 aliphatic carbocycles. The zero-order chi connectivity index (χ0) is 21.4. The van der Waals surface area contributed by atoms with Crippen LogP contribution in [0.4, 0.5) is 13.2 Å². The fraction of sp³-hybridized carbons (Fsp3) is 0.667. The van der Waals surface area contributed by atoms with Crippen LogP contribution < -0.4 is 5.32 Å². The first-order valence-electron chi connectivity index (χ1n) is 9.21. The van der Waals surface area contributed by atoms with Gasteiger partial charge in [-0.3, -0.25) is 9.69 Å². The number of carboxylic acid groups (broad SMARTS) is 1. The van der Waals surface area contributed by atoms with Gasteiger partial charge in [0.2, 0.25) is 5.91 Å². The van der Waals surface area contributed by atoms with Gasteiger partial charge in [-0.05, 0) is 31.4 Å². The van der Waals surface area contributed by atoms with Gasteiger partial charge in [-0.1, -0.05) is 0 Å². The van der Waals surface area contributed by atoms with E-state index in [0.717, 1.165) is 38.1 Å². The number of halogens is 3.